The van der Waals surface area contributed by atoms with E-state index in [2.05, 4.69) is 4.98 Å². The van der Waals surface area contributed by atoms with Crippen LogP contribution in [0.4, 0.5) is 5.69 Å². The molecule has 1 aromatic heterocycles. The summed E-state index contributed by atoms with van der Waals surface area (Å²) < 4.78 is 1.83. The molecule has 76 valence electrons. The van der Waals surface area contributed by atoms with Gasteiger partial charge in [-0.25, -0.2) is 4.98 Å². The van der Waals surface area contributed by atoms with E-state index in [1.807, 2.05) is 16.8 Å². The van der Waals surface area contributed by atoms with Crippen LogP contribution in [0.3, 0.4) is 0 Å². The molecule has 4 heteroatoms. The topological polar surface area (TPSA) is 60.9 Å². The first-order chi connectivity index (χ1) is 7.18. The number of nitrogens with two attached hydrogens (primary N) is 1. The van der Waals surface area contributed by atoms with Crippen LogP contribution in [0, 0.1) is 0 Å². The number of anilines is 1. The minimum absolute atomic E-state index is 0.0329. The first-order valence-electron chi connectivity index (χ1n) is 4.57. The molecule has 0 saturated carbocycles. The number of hydrogen-bond donors (Lipinski definition) is 1. The lowest BCUT2D eigenvalue weighted by atomic mass is 10.1. The fraction of sp³-hybridized carbons (Fsp3) is 0.0909. The minimum Gasteiger partial charge on any atom is -0.398 e. The Morgan fingerprint density at radius 2 is 2.27 bits per heavy atom. The van der Waals surface area contributed by atoms with E-state index < -0.39 is 0 Å². The number of nitrogens with zero attached hydrogens (tertiary/aromatic N) is 2. The summed E-state index contributed by atoms with van der Waals surface area (Å²) >= 11 is 0. The number of carbonyl (C=O) groups is 1. The first-order valence-corrected chi connectivity index (χ1v) is 4.57. The van der Waals surface area contributed by atoms with Gasteiger partial charge in [0.05, 0.1) is 6.33 Å². The molecule has 2 N–H and O–H groups in total. The molecule has 0 amide bonds. The van der Waals surface area contributed by atoms with Crippen LogP contribution in [-0.4, -0.2) is 15.3 Å². The molecule has 0 unspecified atom stereocenters. The molecular weight excluding hydrogens is 190 g/mol. The van der Waals surface area contributed by atoms with E-state index >= 15 is 0 Å². The molecule has 1 aromatic carbocycles. The van der Waals surface area contributed by atoms with Gasteiger partial charge in [-0.2, -0.15) is 0 Å². The summed E-state index contributed by atoms with van der Waals surface area (Å²) in [5.41, 5.74) is 7.63. The monoisotopic (exact) mass is 201 g/mol. The Labute approximate surface area is 87.4 Å². The molecule has 0 aliphatic rings. The van der Waals surface area contributed by atoms with Crippen LogP contribution < -0.4 is 5.73 Å². The Balaban J connectivity index is 2.52. The molecule has 0 fully saturated rings. The number of benzene rings is 1. The molecule has 0 aliphatic heterocycles. The summed E-state index contributed by atoms with van der Waals surface area (Å²) in [5.74, 6) is -0.0329. The van der Waals surface area contributed by atoms with Crippen molar-refractivity contribution < 1.29 is 4.79 Å². The second-order valence-corrected chi connectivity index (χ2v) is 3.30. The van der Waals surface area contributed by atoms with Crippen molar-refractivity contribution in [2.24, 2.45) is 0 Å². The zero-order valence-electron chi connectivity index (χ0n) is 8.34. The van der Waals surface area contributed by atoms with Gasteiger partial charge in [-0.15, -0.1) is 0 Å². The maximum atomic E-state index is 11.3. The Kier molecular flexibility index (Phi) is 2.25. The highest BCUT2D eigenvalue weighted by Gasteiger charge is 2.06. The second-order valence-electron chi connectivity index (χ2n) is 3.30. The van der Waals surface area contributed by atoms with E-state index in [0.717, 1.165) is 5.69 Å². The smallest absolute Gasteiger partial charge is 0.161 e. The molecule has 0 atom stereocenters. The van der Waals surface area contributed by atoms with Gasteiger partial charge in [-0.3, -0.25) is 4.79 Å². The summed E-state index contributed by atoms with van der Waals surface area (Å²) in [5, 5.41) is 0. The highest BCUT2D eigenvalue weighted by atomic mass is 16.1. The maximum Gasteiger partial charge on any atom is 0.161 e. The zero-order valence-corrected chi connectivity index (χ0v) is 8.34. The van der Waals surface area contributed by atoms with Crippen molar-refractivity contribution in [2.45, 2.75) is 6.92 Å². The number of Topliss-reactive ketones (excluding diaryl/α,β-unsaturated/α-hetero) is 1. The van der Waals surface area contributed by atoms with Gasteiger partial charge in [0.25, 0.3) is 0 Å². The van der Waals surface area contributed by atoms with Crippen molar-refractivity contribution in [1.29, 1.82) is 0 Å². The van der Waals surface area contributed by atoms with Gasteiger partial charge >= 0.3 is 0 Å². The minimum atomic E-state index is -0.0329. The van der Waals surface area contributed by atoms with Crippen LogP contribution in [0.2, 0.25) is 0 Å². The van der Waals surface area contributed by atoms with Crippen molar-refractivity contribution in [3.05, 3.63) is 42.5 Å². The highest BCUT2D eigenvalue weighted by Crippen LogP contribution is 2.17. The standard InChI is InChI=1S/C11H11N3O/c1-8(15)10-6-9(2-3-11(10)12)14-5-4-13-7-14/h2-7H,12H2,1H3. The molecule has 0 aliphatic carbocycles. The van der Waals surface area contributed by atoms with Crippen LogP contribution in [0.5, 0.6) is 0 Å². The van der Waals surface area contributed by atoms with Crippen LogP contribution in [0.25, 0.3) is 5.69 Å². The van der Waals surface area contributed by atoms with E-state index in [-0.39, 0.29) is 5.78 Å². The SMILES string of the molecule is CC(=O)c1cc(-n2ccnc2)ccc1N. The molecule has 0 radical (unpaired) electrons. The fourth-order valence-electron chi connectivity index (χ4n) is 1.42. The van der Waals surface area contributed by atoms with Crippen molar-refractivity contribution in [3.8, 4) is 5.69 Å². The van der Waals surface area contributed by atoms with Gasteiger partial charge in [0, 0.05) is 29.3 Å². The fourth-order valence-corrected chi connectivity index (χ4v) is 1.42. The molecule has 2 rings (SSSR count). The lowest BCUT2D eigenvalue weighted by Gasteiger charge is -2.06. The van der Waals surface area contributed by atoms with Gasteiger partial charge in [0.1, 0.15) is 0 Å². The Hall–Kier alpha value is -2.10. The highest BCUT2D eigenvalue weighted by molar-refractivity contribution is 5.99. The van der Waals surface area contributed by atoms with E-state index in [1.165, 1.54) is 6.92 Å². The summed E-state index contributed by atoms with van der Waals surface area (Å²) in [6.07, 6.45) is 5.18. The van der Waals surface area contributed by atoms with Crippen LogP contribution in [0.15, 0.2) is 36.9 Å². The Morgan fingerprint density at radius 3 is 2.87 bits per heavy atom. The van der Waals surface area contributed by atoms with E-state index in [1.54, 1.807) is 24.7 Å². The summed E-state index contributed by atoms with van der Waals surface area (Å²) in [6.45, 7) is 1.50. The van der Waals surface area contributed by atoms with Crippen molar-refractivity contribution >= 4 is 11.5 Å². The molecule has 2 aromatic rings. The van der Waals surface area contributed by atoms with Gasteiger partial charge in [0.2, 0.25) is 0 Å². The van der Waals surface area contributed by atoms with Gasteiger partial charge in [-0.05, 0) is 25.1 Å². The van der Waals surface area contributed by atoms with Crippen LogP contribution >= 0.6 is 0 Å². The predicted molar refractivity (Wildman–Crippen MR) is 58.0 cm³/mol. The van der Waals surface area contributed by atoms with E-state index in [0.29, 0.717) is 11.3 Å². The number of nitrogen functional groups attached to an aromatic ring is 1. The second kappa shape index (κ2) is 3.57. The zero-order chi connectivity index (χ0) is 10.8. The summed E-state index contributed by atoms with van der Waals surface area (Å²) in [4.78, 5) is 15.2. The van der Waals surface area contributed by atoms with Crippen LogP contribution in [-0.2, 0) is 0 Å². The lowest BCUT2D eigenvalue weighted by Crippen LogP contribution is -2.01. The summed E-state index contributed by atoms with van der Waals surface area (Å²) in [7, 11) is 0. The largest absolute Gasteiger partial charge is 0.398 e. The average molecular weight is 201 g/mol. The third-order valence-electron chi connectivity index (χ3n) is 2.22. The number of rotatable bonds is 2. The average Bonchev–Trinajstić information content (AvgIpc) is 2.71. The van der Waals surface area contributed by atoms with E-state index in [4.69, 9.17) is 5.73 Å². The quantitative estimate of drug-likeness (QED) is 0.593. The first kappa shape index (κ1) is 9.45. The Morgan fingerprint density at radius 1 is 1.47 bits per heavy atom. The predicted octanol–water partition coefficient (Wildman–Crippen LogP) is 1.66. The number of hydrogen-bond acceptors (Lipinski definition) is 3. The molecule has 4 nitrogen and oxygen atoms in total. The third kappa shape index (κ3) is 1.74. The number of aromatic nitrogens is 2. The van der Waals surface area contributed by atoms with Crippen molar-refractivity contribution in [3.63, 3.8) is 0 Å². The molecule has 0 bridgehead atoms. The normalized spacial score (nSPS) is 10.2. The van der Waals surface area contributed by atoms with Gasteiger partial charge in [0.15, 0.2) is 5.78 Å². The number of imidazole rings is 1. The van der Waals surface area contributed by atoms with Crippen molar-refractivity contribution in [1.82, 2.24) is 9.55 Å². The lowest BCUT2D eigenvalue weighted by molar-refractivity contribution is 0.101. The Bertz CT molecular complexity index is 489. The van der Waals surface area contributed by atoms with E-state index in [9.17, 15) is 4.79 Å². The van der Waals surface area contributed by atoms with Gasteiger partial charge in [-0.1, -0.05) is 0 Å². The van der Waals surface area contributed by atoms with Gasteiger partial charge < -0.3 is 10.3 Å². The molecule has 15 heavy (non-hydrogen) atoms. The summed E-state index contributed by atoms with van der Waals surface area (Å²) in [6, 6.07) is 5.34. The maximum absolute atomic E-state index is 11.3. The number of ketones is 1. The molecule has 0 spiro atoms. The molecule has 0 saturated heterocycles. The molecule has 1 heterocycles. The molecular formula is C11H11N3O. The van der Waals surface area contributed by atoms with Crippen LogP contribution in [0.1, 0.15) is 17.3 Å². The third-order valence-corrected chi connectivity index (χ3v) is 2.22. The number of carbonyl (C=O) groups excluding carboxylic acids is 1. The van der Waals surface area contributed by atoms with Crippen molar-refractivity contribution in [2.75, 3.05) is 5.73 Å².